The Hall–Kier alpha value is -1.06. The molecule has 2 rings (SSSR count). The molecule has 1 aromatic carbocycles. The van der Waals surface area contributed by atoms with Crippen LogP contribution in [0.1, 0.15) is 17.5 Å². The fraction of sp³-hybridized carbons (Fsp3) is 0.538. The first-order chi connectivity index (χ1) is 7.79. The van der Waals surface area contributed by atoms with E-state index in [1.54, 1.807) is 0 Å². The molecule has 0 fully saturated rings. The third kappa shape index (κ3) is 2.74. The van der Waals surface area contributed by atoms with E-state index in [1.165, 1.54) is 11.1 Å². The molecule has 0 radical (unpaired) electrons. The van der Waals surface area contributed by atoms with Crippen LogP contribution in [0.4, 0.5) is 0 Å². The van der Waals surface area contributed by atoms with Crippen molar-refractivity contribution in [2.24, 2.45) is 0 Å². The summed E-state index contributed by atoms with van der Waals surface area (Å²) < 4.78 is 5.58. The van der Waals surface area contributed by atoms with Crippen LogP contribution < -0.4 is 4.74 Å². The normalized spacial score (nSPS) is 14.7. The molecule has 0 aromatic heterocycles. The molecule has 3 nitrogen and oxygen atoms in total. The zero-order chi connectivity index (χ0) is 11.4. The number of fused-ring (bicyclic) bond motifs is 1. The number of ether oxygens (including phenoxy) is 1. The minimum atomic E-state index is 0.213. The molecule has 0 amide bonds. The molecule has 0 saturated heterocycles. The summed E-state index contributed by atoms with van der Waals surface area (Å²) in [6.07, 6.45) is 2.23. The lowest BCUT2D eigenvalue weighted by molar-refractivity contribution is 0.217. The van der Waals surface area contributed by atoms with Gasteiger partial charge in [-0.1, -0.05) is 12.1 Å². The third-order valence-corrected chi connectivity index (χ3v) is 2.91. The van der Waals surface area contributed by atoms with Crippen LogP contribution in [0.25, 0.3) is 0 Å². The van der Waals surface area contributed by atoms with Crippen molar-refractivity contribution >= 4 is 0 Å². The standard InChI is InChI=1S/C13H19NO2/c1-14(6-7-15)10-11-4-5-13-12(9-11)3-2-8-16-13/h4-5,9,15H,2-3,6-8,10H2,1H3. The largest absolute Gasteiger partial charge is 0.493 e. The van der Waals surface area contributed by atoms with E-state index >= 15 is 0 Å². The van der Waals surface area contributed by atoms with Crippen molar-refractivity contribution in [2.45, 2.75) is 19.4 Å². The van der Waals surface area contributed by atoms with Gasteiger partial charge in [-0.15, -0.1) is 0 Å². The van der Waals surface area contributed by atoms with Crippen molar-refractivity contribution in [1.29, 1.82) is 0 Å². The molecule has 0 bridgehead atoms. The SMILES string of the molecule is CN(CCO)Cc1ccc2c(c1)CCCO2. The number of nitrogens with zero attached hydrogens (tertiary/aromatic N) is 1. The van der Waals surface area contributed by atoms with Gasteiger partial charge in [-0.3, -0.25) is 4.90 Å². The van der Waals surface area contributed by atoms with Crippen LogP contribution in [0.15, 0.2) is 18.2 Å². The van der Waals surface area contributed by atoms with E-state index in [2.05, 4.69) is 23.1 Å². The zero-order valence-electron chi connectivity index (χ0n) is 9.78. The number of benzene rings is 1. The monoisotopic (exact) mass is 221 g/mol. The van der Waals surface area contributed by atoms with Crippen LogP contribution >= 0.6 is 0 Å². The van der Waals surface area contributed by atoms with Crippen LogP contribution in [0.5, 0.6) is 5.75 Å². The summed E-state index contributed by atoms with van der Waals surface area (Å²) in [6, 6.07) is 6.40. The van der Waals surface area contributed by atoms with Crippen LogP contribution in [-0.2, 0) is 13.0 Å². The van der Waals surface area contributed by atoms with Crippen molar-refractivity contribution < 1.29 is 9.84 Å². The van der Waals surface area contributed by atoms with E-state index in [0.29, 0.717) is 6.54 Å². The lowest BCUT2D eigenvalue weighted by atomic mass is 10.0. The molecule has 16 heavy (non-hydrogen) atoms. The fourth-order valence-electron chi connectivity index (χ4n) is 2.07. The number of aryl methyl sites for hydroxylation is 1. The molecular formula is C13H19NO2. The number of rotatable bonds is 4. The van der Waals surface area contributed by atoms with E-state index < -0.39 is 0 Å². The molecule has 0 unspecified atom stereocenters. The van der Waals surface area contributed by atoms with Gasteiger partial charge in [-0.05, 0) is 37.1 Å². The smallest absolute Gasteiger partial charge is 0.122 e. The van der Waals surface area contributed by atoms with E-state index in [4.69, 9.17) is 9.84 Å². The molecule has 0 aliphatic carbocycles. The maximum atomic E-state index is 8.85. The Bertz CT molecular complexity index is 352. The van der Waals surface area contributed by atoms with Crippen LogP contribution in [0.2, 0.25) is 0 Å². The van der Waals surface area contributed by atoms with Crippen LogP contribution in [0.3, 0.4) is 0 Å². The minimum Gasteiger partial charge on any atom is -0.493 e. The number of aliphatic hydroxyl groups excluding tert-OH is 1. The average Bonchev–Trinajstić information content (AvgIpc) is 2.29. The molecule has 1 aliphatic rings. The molecule has 1 heterocycles. The van der Waals surface area contributed by atoms with E-state index in [1.807, 2.05) is 7.05 Å². The lowest BCUT2D eigenvalue weighted by Gasteiger charge is -2.20. The van der Waals surface area contributed by atoms with E-state index in [0.717, 1.165) is 31.7 Å². The highest BCUT2D eigenvalue weighted by Gasteiger charge is 2.10. The van der Waals surface area contributed by atoms with Gasteiger partial charge in [0, 0.05) is 13.1 Å². The van der Waals surface area contributed by atoms with E-state index in [-0.39, 0.29) is 6.61 Å². The van der Waals surface area contributed by atoms with Crippen LogP contribution in [-0.4, -0.2) is 36.8 Å². The predicted molar refractivity (Wildman–Crippen MR) is 63.7 cm³/mol. The molecule has 1 aliphatic heterocycles. The highest BCUT2D eigenvalue weighted by atomic mass is 16.5. The van der Waals surface area contributed by atoms with Gasteiger partial charge in [-0.2, -0.15) is 0 Å². The Morgan fingerprint density at radius 2 is 2.31 bits per heavy atom. The number of hydrogen-bond donors (Lipinski definition) is 1. The lowest BCUT2D eigenvalue weighted by Crippen LogP contribution is -2.21. The first-order valence-corrected chi connectivity index (χ1v) is 5.83. The van der Waals surface area contributed by atoms with Gasteiger partial charge in [-0.25, -0.2) is 0 Å². The summed E-state index contributed by atoms with van der Waals surface area (Å²) in [5, 5.41) is 8.85. The quantitative estimate of drug-likeness (QED) is 0.835. The zero-order valence-corrected chi connectivity index (χ0v) is 9.78. The fourth-order valence-corrected chi connectivity index (χ4v) is 2.07. The summed E-state index contributed by atoms with van der Waals surface area (Å²) in [6.45, 7) is 2.66. The summed E-state index contributed by atoms with van der Waals surface area (Å²) in [5.41, 5.74) is 2.61. The van der Waals surface area contributed by atoms with Crippen molar-refractivity contribution in [2.75, 3.05) is 26.8 Å². The summed E-state index contributed by atoms with van der Waals surface area (Å²) in [5.74, 6) is 1.04. The Morgan fingerprint density at radius 1 is 1.44 bits per heavy atom. The Labute approximate surface area is 96.6 Å². The van der Waals surface area contributed by atoms with Crippen molar-refractivity contribution in [3.05, 3.63) is 29.3 Å². The van der Waals surface area contributed by atoms with Gasteiger partial charge in [0.05, 0.1) is 13.2 Å². The molecule has 3 heteroatoms. The Morgan fingerprint density at radius 3 is 3.12 bits per heavy atom. The second-order valence-corrected chi connectivity index (χ2v) is 4.36. The first-order valence-electron chi connectivity index (χ1n) is 5.83. The minimum absolute atomic E-state index is 0.213. The number of aliphatic hydroxyl groups is 1. The van der Waals surface area contributed by atoms with Crippen molar-refractivity contribution in [3.8, 4) is 5.75 Å². The van der Waals surface area contributed by atoms with Crippen LogP contribution in [0, 0.1) is 0 Å². The highest BCUT2D eigenvalue weighted by Crippen LogP contribution is 2.25. The third-order valence-electron chi connectivity index (χ3n) is 2.91. The summed E-state index contributed by atoms with van der Waals surface area (Å²) in [7, 11) is 2.02. The predicted octanol–water partition coefficient (Wildman–Crippen LogP) is 1.44. The van der Waals surface area contributed by atoms with Gasteiger partial charge in [0.1, 0.15) is 5.75 Å². The van der Waals surface area contributed by atoms with Gasteiger partial charge in [0.2, 0.25) is 0 Å². The van der Waals surface area contributed by atoms with Gasteiger partial charge < -0.3 is 9.84 Å². The number of hydrogen-bond acceptors (Lipinski definition) is 3. The number of likely N-dealkylation sites (N-methyl/N-ethyl adjacent to an activating group) is 1. The molecule has 1 aromatic rings. The van der Waals surface area contributed by atoms with Crippen molar-refractivity contribution in [3.63, 3.8) is 0 Å². The second-order valence-electron chi connectivity index (χ2n) is 4.36. The summed E-state index contributed by atoms with van der Waals surface area (Å²) in [4.78, 5) is 2.12. The molecule has 0 spiro atoms. The molecule has 1 N–H and O–H groups in total. The highest BCUT2D eigenvalue weighted by molar-refractivity contribution is 5.38. The molecule has 0 atom stereocenters. The van der Waals surface area contributed by atoms with E-state index in [9.17, 15) is 0 Å². The topological polar surface area (TPSA) is 32.7 Å². The second kappa shape index (κ2) is 5.32. The van der Waals surface area contributed by atoms with Crippen molar-refractivity contribution in [1.82, 2.24) is 4.90 Å². The Kier molecular flexibility index (Phi) is 3.80. The Balaban J connectivity index is 2.05. The molecule has 0 saturated carbocycles. The average molecular weight is 221 g/mol. The summed E-state index contributed by atoms with van der Waals surface area (Å²) >= 11 is 0. The molecule has 88 valence electrons. The van der Waals surface area contributed by atoms with Gasteiger partial charge >= 0.3 is 0 Å². The maximum Gasteiger partial charge on any atom is 0.122 e. The van der Waals surface area contributed by atoms with Gasteiger partial charge in [0.25, 0.3) is 0 Å². The first kappa shape index (κ1) is 11.4. The molecular weight excluding hydrogens is 202 g/mol. The maximum absolute atomic E-state index is 8.85. The van der Waals surface area contributed by atoms with Gasteiger partial charge in [0.15, 0.2) is 0 Å².